The monoisotopic (exact) mass is 278 g/mol. The van der Waals surface area contributed by atoms with E-state index in [2.05, 4.69) is 40.2 Å². The highest BCUT2D eigenvalue weighted by atomic mass is 79.9. The summed E-state index contributed by atoms with van der Waals surface area (Å²) in [5.41, 5.74) is 5.17. The van der Waals surface area contributed by atoms with Gasteiger partial charge in [0.05, 0.1) is 0 Å². The van der Waals surface area contributed by atoms with Crippen LogP contribution in [0.25, 0.3) is 11.1 Å². The van der Waals surface area contributed by atoms with Gasteiger partial charge in [0.1, 0.15) is 0 Å². The fraction of sp³-hybridized carbons (Fsp3) is 0.0769. The molecule has 0 N–H and O–H groups in total. The van der Waals surface area contributed by atoms with Crippen molar-refractivity contribution in [3.8, 4) is 11.1 Å². The van der Waals surface area contributed by atoms with E-state index >= 15 is 0 Å². The summed E-state index contributed by atoms with van der Waals surface area (Å²) in [5.74, 6) is 0. The number of hydrogen-bond donors (Lipinski definition) is 0. The van der Waals surface area contributed by atoms with Gasteiger partial charge in [0.25, 0.3) is 0 Å². The molecule has 0 aromatic heterocycles. The van der Waals surface area contributed by atoms with E-state index in [9.17, 15) is 0 Å². The summed E-state index contributed by atoms with van der Waals surface area (Å²) in [6, 6.07) is 12.4. The smallest absolute Gasteiger partial charge is 0.0447 e. The summed E-state index contributed by atoms with van der Waals surface area (Å²) in [6.07, 6.45) is 0.948. The van der Waals surface area contributed by atoms with Gasteiger partial charge < -0.3 is 0 Å². The van der Waals surface area contributed by atoms with Crippen molar-refractivity contribution < 1.29 is 0 Å². The van der Waals surface area contributed by atoms with Gasteiger partial charge in [-0.25, -0.2) is 0 Å². The van der Waals surface area contributed by atoms with Gasteiger partial charge in [-0.1, -0.05) is 51.8 Å². The zero-order chi connectivity index (χ0) is 10.4. The fourth-order valence-electron chi connectivity index (χ4n) is 2.18. The molecule has 0 fully saturated rings. The predicted molar refractivity (Wildman–Crippen MR) is 67.4 cm³/mol. The van der Waals surface area contributed by atoms with E-state index in [0.717, 1.165) is 15.9 Å². The van der Waals surface area contributed by atoms with Crippen LogP contribution in [0, 0.1) is 0 Å². The zero-order valence-corrected chi connectivity index (χ0v) is 10.3. The normalized spacial score (nSPS) is 12.4. The van der Waals surface area contributed by atoms with Crippen LogP contribution in [0.15, 0.2) is 40.9 Å². The molecule has 1 aliphatic carbocycles. The van der Waals surface area contributed by atoms with Crippen LogP contribution in [0.1, 0.15) is 11.1 Å². The average molecular weight is 280 g/mol. The van der Waals surface area contributed by atoms with Crippen LogP contribution in [0.4, 0.5) is 0 Å². The summed E-state index contributed by atoms with van der Waals surface area (Å²) in [4.78, 5) is 0. The minimum absolute atomic E-state index is 0.871. The van der Waals surface area contributed by atoms with Crippen molar-refractivity contribution in [2.45, 2.75) is 6.42 Å². The summed E-state index contributed by atoms with van der Waals surface area (Å²) in [6.45, 7) is 0. The zero-order valence-electron chi connectivity index (χ0n) is 7.93. The SMILES string of the molecule is Clc1cccc2c1Cc1cccc(Br)c1-2. The Kier molecular flexibility index (Phi) is 2.11. The highest BCUT2D eigenvalue weighted by Gasteiger charge is 2.21. The Morgan fingerprint density at radius 1 is 1.07 bits per heavy atom. The van der Waals surface area contributed by atoms with E-state index in [1.165, 1.54) is 22.3 Å². The van der Waals surface area contributed by atoms with Crippen molar-refractivity contribution >= 4 is 27.5 Å². The Balaban J connectivity index is 2.36. The van der Waals surface area contributed by atoms with Gasteiger partial charge in [-0.15, -0.1) is 0 Å². The van der Waals surface area contributed by atoms with Gasteiger partial charge in [0.2, 0.25) is 0 Å². The molecule has 2 aromatic carbocycles. The van der Waals surface area contributed by atoms with Crippen molar-refractivity contribution in [1.29, 1.82) is 0 Å². The second-order valence-corrected chi connectivity index (χ2v) is 4.98. The molecule has 0 saturated carbocycles. The maximum Gasteiger partial charge on any atom is 0.0447 e. The van der Waals surface area contributed by atoms with Crippen LogP contribution in [-0.4, -0.2) is 0 Å². The number of rotatable bonds is 0. The molecule has 0 radical (unpaired) electrons. The van der Waals surface area contributed by atoms with Crippen molar-refractivity contribution in [3.63, 3.8) is 0 Å². The first-order chi connectivity index (χ1) is 7.27. The Labute approximate surface area is 102 Å². The molecule has 0 nitrogen and oxygen atoms in total. The maximum atomic E-state index is 6.20. The largest absolute Gasteiger partial charge is 0.0840 e. The van der Waals surface area contributed by atoms with E-state index in [-0.39, 0.29) is 0 Å². The Morgan fingerprint density at radius 3 is 2.73 bits per heavy atom. The van der Waals surface area contributed by atoms with Crippen LogP contribution in [-0.2, 0) is 6.42 Å². The van der Waals surface area contributed by atoms with Gasteiger partial charge in [0.15, 0.2) is 0 Å². The molecular formula is C13H8BrCl. The van der Waals surface area contributed by atoms with Crippen molar-refractivity contribution in [3.05, 3.63) is 57.0 Å². The standard InChI is InChI=1S/C13H8BrCl/c14-11-5-1-3-8-7-10-9(13(8)11)4-2-6-12(10)15/h1-6H,7H2. The maximum absolute atomic E-state index is 6.20. The molecule has 3 rings (SSSR count). The Morgan fingerprint density at radius 2 is 1.87 bits per heavy atom. The lowest BCUT2D eigenvalue weighted by Gasteiger charge is -2.03. The number of hydrogen-bond acceptors (Lipinski definition) is 0. The molecular weight excluding hydrogens is 271 g/mol. The van der Waals surface area contributed by atoms with E-state index in [1.807, 2.05) is 12.1 Å². The third-order valence-electron chi connectivity index (χ3n) is 2.86. The Bertz CT molecular complexity index is 546. The molecule has 0 bridgehead atoms. The fourth-order valence-corrected chi connectivity index (χ4v) is 3.04. The second-order valence-electron chi connectivity index (χ2n) is 3.72. The number of halogens is 2. The quantitative estimate of drug-likeness (QED) is 0.561. The minimum atomic E-state index is 0.871. The first kappa shape index (κ1) is 9.44. The van der Waals surface area contributed by atoms with Crippen LogP contribution in [0.3, 0.4) is 0 Å². The predicted octanol–water partition coefficient (Wildman–Crippen LogP) is 4.67. The molecule has 0 saturated heterocycles. The molecule has 0 spiro atoms. The van der Waals surface area contributed by atoms with Gasteiger partial charge in [0, 0.05) is 15.9 Å². The first-order valence-corrected chi connectivity index (χ1v) is 5.99. The lowest BCUT2D eigenvalue weighted by Crippen LogP contribution is -1.80. The lowest BCUT2D eigenvalue weighted by molar-refractivity contribution is 1.26. The Hall–Kier alpha value is -0.790. The van der Waals surface area contributed by atoms with Crippen molar-refractivity contribution in [2.24, 2.45) is 0 Å². The van der Waals surface area contributed by atoms with E-state index in [0.29, 0.717) is 0 Å². The topological polar surface area (TPSA) is 0 Å². The van der Waals surface area contributed by atoms with Gasteiger partial charge in [-0.2, -0.15) is 0 Å². The van der Waals surface area contributed by atoms with Gasteiger partial charge >= 0.3 is 0 Å². The van der Waals surface area contributed by atoms with Gasteiger partial charge in [-0.3, -0.25) is 0 Å². The number of benzene rings is 2. The van der Waals surface area contributed by atoms with Crippen LogP contribution in [0.2, 0.25) is 5.02 Å². The second kappa shape index (κ2) is 3.36. The van der Waals surface area contributed by atoms with Crippen LogP contribution in [0.5, 0.6) is 0 Å². The van der Waals surface area contributed by atoms with Crippen LogP contribution >= 0.6 is 27.5 Å². The highest BCUT2D eigenvalue weighted by Crippen LogP contribution is 2.43. The minimum Gasteiger partial charge on any atom is -0.0840 e. The molecule has 0 heterocycles. The molecule has 1 aliphatic rings. The third kappa shape index (κ3) is 1.34. The van der Waals surface area contributed by atoms with Crippen LogP contribution < -0.4 is 0 Å². The van der Waals surface area contributed by atoms with Gasteiger partial charge in [-0.05, 0) is 34.4 Å². The summed E-state index contributed by atoms with van der Waals surface area (Å²) >= 11 is 9.80. The molecule has 74 valence electrons. The molecule has 0 aliphatic heterocycles. The summed E-state index contributed by atoms with van der Waals surface area (Å²) < 4.78 is 1.15. The van der Waals surface area contributed by atoms with E-state index < -0.39 is 0 Å². The molecule has 0 unspecified atom stereocenters. The molecule has 2 heteroatoms. The molecule has 15 heavy (non-hydrogen) atoms. The summed E-state index contributed by atoms with van der Waals surface area (Å²) in [7, 11) is 0. The van der Waals surface area contributed by atoms with Crippen molar-refractivity contribution in [1.82, 2.24) is 0 Å². The van der Waals surface area contributed by atoms with E-state index in [4.69, 9.17) is 11.6 Å². The highest BCUT2D eigenvalue weighted by molar-refractivity contribution is 9.10. The van der Waals surface area contributed by atoms with Crippen molar-refractivity contribution in [2.75, 3.05) is 0 Å². The first-order valence-electron chi connectivity index (χ1n) is 4.82. The summed E-state index contributed by atoms with van der Waals surface area (Å²) in [5, 5.41) is 0.871. The number of fused-ring (bicyclic) bond motifs is 3. The third-order valence-corrected chi connectivity index (χ3v) is 3.87. The molecule has 0 amide bonds. The lowest BCUT2D eigenvalue weighted by atomic mass is 10.1. The molecule has 2 aromatic rings. The average Bonchev–Trinajstić information content (AvgIpc) is 2.59. The molecule has 0 atom stereocenters. The van der Waals surface area contributed by atoms with E-state index in [1.54, 1.807) is 0 Å².